The van der Waals surface area contributed by atoms with Crippen molar-refractivity contribution in [1.29, 1.82) is 0 Å². The Labute approximate surface area is 151 Å². The predicted octanol–water partition coefficient (Wildman–Crippen LogP) is 3.18. The summed E-state index contributed by atoms with van der Waals surface area (Å²) in [5.41, 5.74) is 2.88. The first-order chi connectivity index (χ1) is 12.7. The number of nitrogens with zero attached hydrogens (tertiary/aromatic N) is 2. The average molecular weight is 350 g/mol. The van der Waals surface area contributed by atoms with Gasteiger partial charge in [0.25, 0.3) is 5.91 Å². The van der Waals surface area contributed by atoms with Gasteiger partial charge in [-0.05, 0) is 43.9 Å². The molecule has 134 valence electrons. The second-order valence-corrected chi connectivity index (χ2v) is 6.76. The third-order valence-corrected chi connectivity index (χ3v) is 5.01. The van der Waals surface area contributed by atoms with Crippen molar-refractivity contribution in [3.8, 4) is 0 Å². The van der Waals surface area contributed by atoms with E-state index in [0.717, 1.165) is 41.8 Å². The molecule has 1 atom stereocenters. The Kier molecular flexibility index (Phi) is 4.32. The predicted molar refractivity (Wildman–Crippen MR) is 100 cm³/mol. The average Bonchev–Trinajstić information content (AvgIpc) is 3.11. The van der Waals surface area contributed by atoms with Crippen molar-refractivity contribution in [3.05, 3.63) is 63.8 Å². The van der Waals surface area contributed by atoms with Crippen LogP contribution in [0.1, 0.15) is 54.1 Å². The van der Waals surface area contributed by atoms with E-state index < -0.39 is 0 Å². The lowest BCUT2D eigenvalue weighted by Gasteiger charge is -2.34. The number of likely N-dealkylation sites (tertiary alicyclic amines) is 1. The van der Waals surface area contributed by atoms with E-state index in [1.807, 2.05) is 36.1 Å². The second kappa shape index (κ2) is 6.78. The molecule has 3 heterocycles. The number of H-pyrrole nitrogens is 2. The van der Waals surface area contributed by atoms with Crippen LogP contribution in [0.4, 0.5) is 0 Å². The lowest BCUT2D eigenvalue weighted by atomic mass is 10.00. The Bertz CT molecular complexity index is 971. The highest BCUT2D eigenvalue weighted by Gasteiger charge is 2.31. The molecule has 1 aliphatic rings. The molecule has 6 nitrogen and oxygen atoms in total. The molecule has 0 bridgehead atoms. The van der Waals surface area contributed by atoms with E-state index in [2.05, 4.69) is 9.97 Å². The van der Waals surface area contributed by atoms with Crippen LogP contribution in [-0.4, -0.2) is 32.3 Å². The van der Waals surface area contributed by atoms with E-state index in [0.29, 0.717) is 18.5 Å². The number of aromatic nitrogens is 3. The number of hydrogen-bond donors (Lipinski definition) is 2. The van der Waals surface area contributed by atoms with Gasteiger partial charge in [0, 0.05) is 23.9 Å². The summed E-state index contributed by atoms with van der Waals surface area (Å²) in [5.74, 6) is 0.718. The minimum absolute atomic E-state index is 0.0898. The summed E-state index contributed by atoms with van der Waals surface area (Å²) < 4.78 is 0. The number of fused-ring (bicyclic) bond motifs is 1. The Morgan fingerprint density at radius 2 is 2.08 bits per heavy atom. The minimum atomic E-state index is -0.231. The molecule has 2 aromatic heterocycles. The van der Waals surface area contributed by atoms with Crippen LogP contribution in [0, 0.1) is 0 Å². The van der Waals surface area contributed by atoms with E-state index in [9.17, 15) is 9.59 Å². The normalized spacial score (nSPS) is 17.6. The summed E-state index contributed by atoms with van der Waals surface area (Å²) in [7, 11) is 0. The number of pyridine rings is 1. The SMILES string of the molecule is CCc1cc(C(=O)N2CCCC[C@@H]2c2nc3ccccc3[nH]2)cc(=O)[nH]1. The van der Waals surface area contributed by atoms with Crippen LogP contribution in [0.5, 0.6) is 0 Å². The molecule has 0 radical (unpaired) electrons. The Morgan fingerprint density at radius 3 is 2.88 bits per heavy atom. The molecule has 2 N–H and O–H groups in total. The minimum Gasteiger partial charge on any atom is -0.340 e. The molecular formula is C20H22N4O2. The number of rotatable bonds is 3. The number of para-hydroxylation sites is 2. The number of imidazole rings is 1. The van der Waals surface area contributed by atoms with Crippen LogP contribution in [0.25, 0.3) is 11.0 Å². The van der Waals surface area contributed by atoms with E-state index in [1.165, 1.54) is 6.07 Å². The molecule has 0 spiro atoms. The molecule has 1 amide bonds. The topological polar surface area (TPSA) is 81.8 Å². The van der Waals surface area contributed by atoms with Crippen LogP contribution in [0.2, 0.25) is 0 Å². The molecule has 0 unspecified atom stereocenters. The van der Waals surface area contributed by atoms with Gasteiger partial charge in [0.2, 0.25) is 5.56 Å². The van der Waals surface area contributed by atoms with Gasteiger partial charge < -0.3 is 14.9 Å². The lowest BCUT2D eigenvalue weighted by molar-refractivity contribution is 0.0601. The highest BCUT2D eigenvalue weighted by Crippen LogP contribution is 2.31. The maximum absolute atomic E-state index is 13.2. The van der Waals surface area contributed by atoms with E-state index >= 15 is 0 Å². The van der Waals surface area contributed by atoms with Gasteiger partial charge in [-0.25, -0.2) is 4.98 Å². The summed E-state index contributed by atoms with van der Waals surface area (Å²) in [5, 5.41) is 0. The van der Waals surface area contributed by atoms with Gasteiger partial charge in [-0.2, -0.15) is 0 Å². The molecular weight excluding hydrogens is 328 g/mol. The molecule has 6 heteroatoms. The quantitative estimate of drug-likeness (QED) is 0.761. The van der Waals surface area contributed by atoms with Gasteiger partial charge in [0.15, 0.2) is 0 Å². The first-order valence-electron chi connectivity index (χ1n) is 9.14. The van der Waals surface area contributed by atoms with Gasteiger partial charge in [-0.3, -0.25) is 9.59 Å². The molecule has 1 saturated heterocycles. The first-order valence-corrected chi connectivity index (χ1v) is 9.14. The van der Waals surface area contributed by atoms with Crippen molar-refractivity contribution in [2.75, 3.05) is 6.54 Å². The maximum atomic E-state index is 13.2. The van der Waals surface area contributed by atoms with Gasteiger partial charge in [-0.15, -0.1) is 0 Å². The van der Waals surface area contributed by atoms with Gasteiger partial charge in [0.05, 0.1) is 17.1 Å². The zero-order valence-corrected chi connectivity index (χ0v) is 14.8. The van der Waals surface area contributed by atoms with Crippen LogP contribution >= 0.6 is 0 Å². The fourth-order valence-corrected chi connectivity index (χ4v) is 3.67. The number of aryl methyl sites for hydroxylation is 1. The smallest absolute Gasteiger partial charge is 0.254 e. The third-order valence-electron chi connectivity index (χ3n) is 5.01. The van der Waals surface area contributed by atoms with Crippen molar-refractivity contribution in [3.63, 3.8) is 0 Å². The van der Waals surface area contributed by atoms with Crippen LogP contribution in [0.15, 0.2) is 41.2 Å². The number of benzene rings is 1. The van der Waals surface area contributed by atoms with E-state index in [4.69, 9.17) is 4.98 Å². The number of carbonyl (C=O) groups is 1. The monoisotopic (exact) mass is 350 g/mol. The van der Waals surface area contributed by atoms with Crippen LogP contribution in [0.3, 0.4) is 0 Å². The number of piperidine rings is 1. The van der Waals surface area contributed by atoms with Gasteiger partial charge >= 0.3 is 0 Å². The molecule has 1 aliphatic heterocycles. The van der Waals surface area contributed by atoms with Crippen molar-refractivity contribution in [2.45, 2.75) is 38.6 Å². The molecule has 26 heavy (non-hydrogen) atoms. The fourth-order valence-electron chi connectivity index (χ4n) is 3.67. The lowest BCUT2D eigenvalue weighted by Crippen LogP contribution is -2.39. The molecule has 1 aromatic carbocycles. The zero-order chi connectivity index (χ0) is 18.1. The van der Waals surface area contributed by atoms with Crippen molar-refractivity contribution >= 4 is 16.9 Å². The molecule has 1 fully saturated rings. The molecule has 0 saturated carbocycles. The number of aromatic amines is 2. The Balaban J connectivity index is 1.70. The standard InChI is InChI=1S/C20H22N4O2/c1-2-14-11-13(12-18(25)21-14)20(26)24-10-6-5-9-17(24)19-22-15-7-3-4-8-16(15)23-19/h3-4,7-8,11-12,17H,2,5-6,9-10H2,1H3,(H,21,25)(H,22,23)/t17-/m1/s1. The van der Waals surface area contributed by atoms with E-state index in [1.54, 1.807) is 6.07 Å². The number of nitrogens with one attached hydrogen (secondary N) is 2. The van der Waals surface area contributed by atoms with E-state index in [-0.39, 0.29) is 17.5 Å². The van der Waals surface area contributed by atoms with Crippen LogP contribution < -0.4 is 5.56 Å². The molecule has 4 rings (SSSR count). The number of amides is 1. The second-order valence-electron chi connectivity index (χ2n) is 6.76. The molecule has 0 aliphatic carbocycles. The Morgan fingerprint density at radius 1 is 1.23 bits per heavy atom. The molecule has 3 aromatic rings. The summed E-state index contributed by atoms with van der Waals surface area (Å²) in [4.78, 5) is 37.7. The largest absolute Gasteiger partial charge is 0.340 e. The van der Waals surface area contributed by atoms with Gasteiger partial charge in [0.1, 0.15) is 5.82 Å². The van der Waals surface area contributed by atoms with Crippen molar-refractivity contribution in [1.82, 2.24) is 19.9 Å². The fraction of sp³-hybridized carbons (Fsp3) is 0.350. The highest BCUT2D eigenvalue weighted by molar-refractivity contribution is 5.94. The number of hydrogen-bond acceptors (Lipinski definition) is 3. The third kappa shape index (κ3) is 3.03. The summed E-state index contributed by atoms with van der Waals surface area (Å²) in [6, 6.07) is 11.0. The number of carbonyl (C=O) groups excluding carboxylic acids is 1. The Hall–Kier alpha value is -2.89. The van der Waals surface area contributed by atoms with Crippen molar-refractivity contribution in [2.24, 2.45) is 0 Å². The first kappa shape index (κ1) is 16.6. The highest BCUT2D eigenvalue weighted by atomic mass is 16.2. The zero-order valence-electron chi connectivity index (χ0n) is 14.8. The van der Waals surface area contributed by atoms with Gasteiger partial charge in [-0.1, -0.05) is 19.1 Å². The van der Waals surface area contributed by atoms with Crippen molar-refractivity contribution < 1.29 is 4.79 Å². The summed E-state index contributed by atoms with van der Waals surface area (Å²) in [6.07, 6.45) is 3.58. The summed E-state index contributed by atoms with van der Waals surface area (Å²) >= 11 is 0. The summed E-state index contributed by atoms with van der Waals surface area (Å²) in [6.45, 7) is 2.63. The maximum Gasteiger partial charge on any atom is 0.254 e. The van der Waals surface area contributed by atoms with Crippen LogP contribution in [-0.2, 0) is 6.42 Å².